The van der Waals surface area contributed by atoms with Crippen molar-refractivity contribution in [3.05, 3.63) is 230 Å². The van der Waals surface area contributed by atoms with Crippen molar-refractivity contribution in [1.29, 1.82) is 10.5 Å². The molecular formula is C62H36N6. The van der Waals surface area contributed by atoms with E-state index in [4.69, 9.17) is 0 Å². The van der Waals surface area contributed by atoms with E-state index in [0.717, 1.165) is 121 Å². The number of hydrogen-bond donors (Lipinski definition) is 0. The van der Waals surface area contributed by atoms with Crippen molar-refractivity contribution in [3.8, 4) is 46.0 Å². The first-order valence-electron chi connectivity index (χ1n) is 22.8. The molecule has 6 heteroatoms. The number of hydrogen-bond acceptors (Lipinski definition) is 2. The van der Waals surface area contributed by atoms with Gasteiger partial charge in [0.15, 0.2) is 0 Å². The minimum absolute atomic E-state index is 0.505. The third kappa shape index (κ3) is 5.20. The molecule has 0 N–H and O–H groups in total. The Kier molecular flexibility index (Phi) is 8.01. The molecule has 4 heterocycles. The van der Waals surface area contributed by atoms with Crippen LogP contribution in [0.25, 0.3) is 121 Å². The van der Waals surface area contributed by atoms with E-state index in [9.17, 15) is 10.5 Å². The summed E-state index contributed by atoms with van der Waals surface area (Å²) >= 11 is 0. The SMILES string of the molecule is N#Cc1cccc(-c2cc(-n3c4ccccc4c4ccc5c6ccccc6n(-c6ccccc6)c5c43)c(-n3c4ccccc4c4ccc5c6ccccc6n(-c6ccccc6)c5c43)cc2C#N)c1. The van der Waals surface area contributed by atoms with Gasteiger partial charge in [-0.15, -0.1) is 0 Å². The molecule has 6 nitrogen and oxygen atoms in total. The molecule has 4 aromatic heterocycles. The molecule has 0 aliphatic rings. The van der Waals surface area contributed by atoms with Gasteiger partial charge in [0, 0.05) is 60.0 Å². The van der Waals surface area contributed by atoms with Gasteiger partial charge >= 0.3 is 0 Å². The van der Waals surface area contributed by atoms with E-state index in [2.05, 4.69) is 225 Å². The summed E-state index contributed by atoms with van der Waals surface area (Å²) in [5, 5.41) is 30.5. The van der Waals surface area contributed by atoms with Gasteiger partial charge in [0.25, 0.3) is 0 Å². The largest absolute Gasteiger partial charge is 0.307 e. The maximum absolute atomic E-state index is 11.3. The summed E-state index contributed by atoms with van der Waals surface area (Å²) in [6.07, 6.45) is 0. The molecule has 0 radical (unpaired) electrons. The molecule has 68 heavy (non-hydrogen) atoms. The number of rotatable bonds is 5. The first-order valence-corrected chi connectivity index (χ1v) is 22.8. The predicted octanol–water partition coefficient (Wildman–Crippen LogP) is 15.5. The minimum Gasteiger partial charge on any atom is -0.307 e. The summed E-state index contributed by atoms with van der Waals surface area (Å²) in [6, 6.07) is 81.8. The zero-order valence-electron chi connectivity index (χ0n) is 36.5. The fraction of sp³-hybridized carbons (Fsp3) is 0. The third-order valence-corrected chi connectivity index (χ3v) is 14.0. The van der Waals surface area contributed by atoms with Gasteiger partial charge in [0.1, 0.15) is 0 Å². The molecule has 0 aliphatic carbocycles. The maximum Gasteiger partial charge on any atom is 0.0998 e. The predicted molar refractivity (Wildman–Crippen MR) is 279 cm³/mol. The monoisotopic (exact) mass is 864 g/mol. The minimum atomic E-state index is 0.505. The third-order valence-electron chi connectivity index (χ3n) is 14.0. The van der Waals surface area contributed by atoms with Gasteiger partial charge < -0.3 is 18.3 Å². The molecule has 0 atom stereocenters. The van der Waals surface area contributed by atoms with E-state index in [0.29, 0.717) is 11.1 Å². The van der Waals surface area contributed by atoms with Crippen molar-refractivity contribution < 1.29 is 0 Å². The summed E-state index contributed by atoms with van der Waals surface area (Å²) in [6.45, 7) is 0. The highest BCUT2D eigenvalue weighted by Crippen LogP contribution is 2.47. The molecule has 314 valence electrons. The summed E-state index contributed by atoms with van der Waals surface area (Å²) in [5.74, 6) is 0. The van der Waals surface area contributed by atoms with Crippen LogP contribution >= 0.6 is 0 Å². The van der Waals surface area contributed by atoms with Crippen LogP contribution < -0.4 is 0 Å². The van der Waals surface area contributed by atoms with E-state index in [1.807, 2.05) is 24.3 Å². The molecule has 0 saturated carbocycles. The van der Waals surface area contributed by atoms with Crippen LogP contribution in [0.5, 0.6) is 0 Å². The van der Waals surface area contributed by atoms with Gasteiger partial charge in [-0.05, 0) is 78.4 Å². The Balaban J connectivity index is 1.24. The summed E-state index contributed by atoms with van der Waals surface area (Å²) in [4.78, 5) is 0. The Bertz CT molecular complexity index is 4510. The molecule has 10 aromatic carbocycles. The van der Waals surface area contributed by atoms with E-state index in [-0.39, 0.29) is 0 Å². The molecule has 0 fully saturated rings. The smallest absolute Gasteiger partial charge is 0.0998 e. The molecule has 0 saturated heterocycles. The molecule has 14 rings (SSSR count). The second kappa shape index (κ2) is 14.4. The van der Waals surface area contributed by atoms with Crippen LogP contribution in [-0.4, -0.2) is 18.3 Å². The standard InChI is InChI=1S/C62H36N6/c63-37-39-16-15-17-40(34-39)52-36-58(68-56-29-14-10-25-47(56)51-33-31-49-45-23-8-12-27-54(45)66(60(49)62(51)68)43-20-5-2-6-21-43)57(35-41(52)38-64)67-55-28-13-9-24-46(55)50-32-30-48-44-22-7-11-26-53(44)65(59(48)61(50)67)42-18-3-1-4-19-42/h1-36H. The Hall–Kier alpha value is -9.62. The number of fused-ring (bicyclic) bond motifs is 14. The molecule has 0 unspecified atom stereocenters. The lowest BCUT2D eigenvalue weighted by Gasteiger charge is -2.21. The molecule has 0 amide bonds. The van der Waals surface area contributed by atoms with Gasteiger partial charge in [-0.25, -0.2) is 0 Å². The molecule has 0 bridgehead atoms. The Morgan fingerprint density at radius 2 is 0.676 bits per heavy atom. The van der Waals surface area contributed by atoms with E-state index in [1.54, 1.807) is 0 Å². The van der Waals surface area contributed by atoms with Crippen molar-refractivity contribution in [2.24, 2.45) is 0 Å². The van der Waals surface area contributed by atoms with Gasteiger partial charge in [-0.3, -0.25) is 0 Å². The first kappa shape index (κ1) is 37.7. The number of para-hydroxylation sites is 6. The highest BCUT2D eigenvalue weighted by atomic mass is 15.1. The van der Waals surface area contributed by atoms with Gasteiger partial charge in [-0.2, -0.15) is 10.5 Å². The van der Waals surface area contributed by atoms with Crippen molar-refractivity contribution in [2.45, 2.75) is 0 Å². The summed E-state index contributed by atoms with van der Waals surface area (Å²) in [5.41, 5.74) is 15.0. The van der Waals surface area contributed by atoms with Gasteiger partial charge in [-0.1, -0.05) is 146 Å². The lowest BCUT2D eigenvalue weighted by molar-refractivity contribution is 1.09. The fourth-order valence-corrected chi connectivity index (χ4v) is 11.2. The van der Waals surface area contributed by atoms with Crippen molar-refractivity contribution in [1.82, 2.24) is 18.3 Å². The van der Waals surface area contributed by atoms with Crippen LogP contribution in [0.2, 0.25) is 0 Å². The molecule has 0 aliphatic heterocycles. The summed E-state index contributed by atoms with van der Waals surface area (Å²) < 4.78 is 9.65. The van der Waals surface area contributed by atoms with E-state index < -0.39 is 0 Å². The zero-order chi connectivity index (χ0) is 45.0. The highest BCUT2D eigenvalue weighted by molar-refractivity contribution is 6.26. The van der Waals surface area contributed by atoms with Crippen molar-refractivity contribution in [3.63, 3.8) is 0 Å². The van der Waals surface area contributed by atoms with E-state index in [1.165, 1.54) is 0 Å². The average molecular weight is 865 g/mol. The fourth-order valence-electron chi connectivity index (χ4n) is 11.2. The topological polar surface area (TPSA) is 67.3 Å². The lowest BCUT2D eigenvalue weighted by Crippen LogP contribution is -2.07. The first-order chi connectivity index (χ1) is 33.7. The normalized spacial score (nSPS) is 11.8. The number of benzene rings is 10. The zero-order valence-corrected chi connectivity index (χ0v) is 36.5. The lowest BCUT2D eigenvalue weighted by atomic mass is 9.96. The Labute approximate surface area is 389 Å². The van der Waals surface area contributed by atoms with Crippen LogP contribution in [-0.2, 0) is 0 Å². The molecular weight excluding hydrogens is 829 g/mol. The van der Waals surface area contributed by atoms with Gasteiger partial charge in [0.05, 0.1) is 78.8 Å². The van der Waals surface area contributed by atoms with Crippen molar-refractivity contribution >= 4 is 87.2 Å². The quantitative estimate of drug-likeness (QED) is 0.173. The second-order valence-corrected chi connectivity index (χ2v) is 17.5. The number of nitriles is 2. The Morgan fingerprint density at radius 1 is 0.294 bits per heavy atom. The Morgan fingerprint density at radius 3 is 1.10 bits per heavy atom. The highest BCUT2D eigenvalue weighted by Gasteiger charge is 2.27. The van der Waals surface area contributed by atoms with Crippen LogP contribution in [0.15, 0.2) is 218 Å². The molecule has 0 spiro atoms. The second-order valence-electron chi connectivity index (χ2n) is 17.5. The van der Waals surface area contributed by atoms with Crippen LogP contribution in [0.3, 0.4) is 0 Å². The van der Waals surface area contributed by atoms with E-state index >= 15 is 0 Å². The average Bonchev–Trinajstić information content (AvgIpc) is 4.14. The van der Waals surface area contributed by atoms with Crippen molar-refractivity contribution in [2.75, 3.05) is 0 Å². The summed E-state index contributed by atoms with van der Waals surface area (Å²) in [7, 11) is 0. The van der Waals surface area contributed by atoms with Gasteiger partial charge in [0.2, 0.25) is 0 Å². The maximum atomic E-state index is 11.3. The van der Waals surface area contributed by atoms with Crippen LogP contribution in [0, 0.1) is 22.7 Å². The number of aromatic nitrogens is 4. The number of nitrogens with zero attached hydrogens (tertiary/aromatic N) is 6. The van der Waals surface area contributed by atoms with Crippen LogP contribution in [0.1, 0.15) is 11.1 Å². The van der Waals surface area contributed by atoms with Crippen LogP contribution in [0.4, 0.5) is 0 Å². The molecule has 14 aromatic rings.